The van der Waals surface area contributed by atoms with Crippen LogP contribution in [0.15, 0.2) is 65.7 Å². The summed E-state index contributed by atoms with van der Waals surface area (Å²) >= 11 is 0. The SMILES string of the molecule is Cc1cc(OC2CCNCC2)cc(C)c1-c1cccc(OC=C2C=C3OCC(CC(=O)O)C3=CC2)n1. The average molecular weight is 489 g/mol. The third-order valence-corrected chi connectivity index (χ3v) is 6.87. The van der Waals surface area contributed by atoms with Gasteiger partial charge in [-0.15, -0.1) is 0 Å². The fourth-order valence-electron chi connectivity index (χ4n) is 5.13. The summed E-state index contributed by atoms with van der Waals surface area (Å²) in [4.78, 5) is 15.8. The molecule has 1 unspecified atom stereocenters. The molecule has 5 rings (SSSR count). The van der Waals surface area contributed by atoms with Gasteiger partial charge in [0.05, 0.1) is 25.0 Å². The van der Waals surface area contributed by atoms with Crippen molar-refractivity contribution < 1.29 is 24.1 Å². The summed E-state index contributed by atoms with van der Waals surface area (Å²) in [5, 5.41) is 12.5. The number of nitrogens with one attached hydrogen (secondary N) is 1. The molecule has 1 aliphatic carbocycles. The van der Waals surface area contributed by atoms with Crippen LogP contribution in [0.3, 0.4) is 0 Å². The number of ether oxygens (including phenoxy) is 3. The molecule has 2 saturated heterocycles. The van der Waals surface area contributed by atoms with Crippen molar-refractivity contribution >= 4 is 5.97 Å². The Labute approximate surface area is 211 Å². The predicted octanol–water partition coefficient (Wildman–Crippen LogP) is 5.09. The topological polar surface area (TPSA) is 89.9 Å². The van der Waals surface area contributed by atoms with Crippen molar-refractivity contribution in [3.05, 3.63) is 76.8 Å². The number of benzene rings is 1. The summed E-state index contributed by atoms with van der Waals surface area (Å²) in [7, 11) is 0. The number of hydrogen-bond donors (Lipinski definition) is 2. The van der Waals surface area contributed by atoms with Gasteiger partial charge in [-0.2, -0.15) is 0 Å². The Kier molecular flexibility index (Phi) is 7.09. The number of aromatic nitrogens is 1. The molecule has 0 saturated carbocycles. The van der Waals surface area contributed by atoms with Gasteiger partial charge in [-0.05, 0) is 92.7 Å². The molecule has 1 aromatic heterocycles. The van der Waals surface area contributed by atoms with E-state index in [1.165, 1.54) is 0 Å². The molecule has 3 heterocycles. The number of carboxylic acid groups (broad SMARTS) is 1. The highest BCUT2D eigenvalue weighted by Crippen LogP contribution is 2.37. The largest absolute Gasteiger partial charge is 0.493 e. The third-order valence-electron chi connectivity index (χ3n) is 6.87. The van der Waals surface area contributed by atoms with Crippen LogP contribution in [0.1, 0.15) is 36.8 Å². The van der Waals surface area contributed by atoms with Gasteiger partial charge < -0.3 is 24.6 Å². The number of piperidine rings is 1. The van der Waals surface area contributed by atoms with E-state index in [1.807, 2.05) is 30.4 Å². The quantitative estimate of drug-likeness (QED) is 0.525. The Morgan fingerprint density at radius 2 is 2.00 bits per heavy atom. The highest BCUT2D eigenvalue weighted by Gasteiger charge is 2.30. The fraction of sp³-hybridized carbons (Fsp3) is 0.379. The van der Waals surface area contributed by atoms with Crippen LogP contribution in [0.2, 0.25) is 0 Å². The van der Waals surface area contributed by atoms with E-state index in [9.17, 15) is 4.79 Å². The molecule has 36 heavy (non-hydrogen) atoms. The van der Waals surface area contributed by atoms with Gasteiger partial charge in [0, 0.05) is 17.5 Å². The molecule has 0 bridgehead atoms. The lowest BCUT2D eigenvalue weighted by molar-refractivity contribution is -0.137. The second kappa shape index (κ2) is 10.6. The van der Waals surface area contributed by atoms with Crippen molar-refractivity contribution in [3.8, 4) is 22.9 Å². The van der Waals surface area contributed by atoms with E-state index < -0.39 is 5.97 Å². The second-order valence-electron chi connectivity index (χ2n) is 9.65. The predicted molar refractivity (Wildman–Crippen MR) is 137 cm³/mol. The number of fused-ring (bicyclic) bond motifs is 1. The summed E-state index contributed by atoms with van der Waals surface area (Å²) in [6, 6.07) is 9.97. The molecule has 1 atom stereocenters. The molecular weight excluding hydrogens is 456 g/mol. The van der Waals surface area contributed by atoms with Crippen molar-refractivity contribution in [1.82, 2.24) is 10.3 Å². The van der Waals surface area contributed by atoms with Crippen LogP contribution < -0.4 is 14.8 Å². The lowest BCUT2D eigenvalue weighted by atomic mass is 9.92. The first-order valence-corrected chi connectivity index (χ1v) is 12.5. The number of pyridine rings is 1. The van der Waals surface area contributed by atoms with Gasteiger partial charge in [-0.3, -0.25) is 4.79 Å². The number of hydrogen-bond acceptors (Lipinski definition) is 6. The molecule has 1 aromatic carbocycles. The van der Waals surface area contributed by atoms with Crippen molar-refractivity contribution in [1.29, 1.82) is 0 Å². The van der Waals surface area contributed by atoms with Crippen LogP contribution in [-0.2, 0) is 9.53 Å². The molecule has 7 nitrogen and oxygen atoms in total. The monoisotopic (exact) mass is 488 g/mol. The number of allylic oxidation sites excluding steroid dienone is 4. The minimum absolute atomic E-state index is 0.0828. The third kappa shape index (κ3) is 5.46. The second-order valence-corrected chi connectivity index (χ2v) is 9.65. The van der Waals surface area contributed by atoms with Gasteiger partial charge in [0.25, 0.3) is 0 Å². The molecule has 0 amide bonds. The number of nitrogens with zero attached hydrogens (tertiary/aromatic N) is 1. The number of aliphatic carboxylic acids is 1. The smallest absolute Gasteiger partial charge is 0.304 e. The fourth-order valence-corrected chi connectivity index (χ4v) is 5.13. The van der Waals surface area contributed by atoms with Crippen LogP contribution in [0, 0.1) is 19.8 Å². The van der Waals surface area contributed by atoms with Gasteiger partial charge >= 0.3 is 5.97 Å². The van der Waals surface area contributed by atoms with Gasteiger partial charge in [0.15, 0.2) is 0 Å². The lowest BCUT2D eigenvalue weighted by Crippen LogP contribution is -2.34. The maximum Gasteiger partial charge on any atom is 0.304 e. The van der Waals surface area contributed by atoms with Gasteiger partial charge in [0.1, 0.15) is 17.6 Å². The molecule has 0 spiro atoms. The van der Waals surface area contributed by atoms with E-state index in [0.717, 1.165) is 71.0 Å². The summed E-state index contributed by atoms with van der Waals surface area (Å²) in [5.74, 6) is 1.27. The van der Waals surface area contributed by atoms with Crippen LogP contribution in [-0.4, -0.2) is 41.9 Å². The number of rotatable bonds is 7. The van der Waals surface area contributed by atoms with Crippen LogP contribution >= 0.6 is 0 Å². The summed E-state index contributed by atoms with van der Waals surface area (Å²) in [6.07, 6.45) is 8.71. The van der Waals surface area contributed by atoms with E-state index >= 15 is 0 Å². The van der Waals surface area contributed by atoms with Crippen molar-refractivity contribution in [2.75, 3.05) is 19.7 Å². The first-order chi connectivity index (χ1) is 17.5. The van der Waals surface area contributed by atoms with Crippen molar-refractivity contribution in [3.63, 3.8) is 0 Å². The van der Waals surface area contributed by atoms with Crippen LogP contribution in [0.25, 0.3) is 11.3 Å². The minimum Gasteiger partial charge on any atom is -0.493 e. The summed E-state index contributed by atoms with van der Waals surface area (Å²) in [5.41, 5.74) is 6.10. The maximum absolute atomic E-state index is 11.1. The highest BCUT2D eigenvalue weighted by atomic mass is 16.5. The van der Waals surface area contributed by atoms with Crippen LogP contribution in [0.4, 0.5) is 0 Å². The zero-order chi connectivity index (χ0) is 25.1. The Morgan fingerprint density at radius 3 is 2.75 bits per heavy atom. The van der Waals surface area contributed by atoms with Crippen molar-refractivity contribution in [2.24, 2.45) is 5.92 Å². The first-order valence-electron chi connectivity index (χ1n) is 12.5. The molecule has 7 heteroatoms. The van der Waals surface area contributed by atoms with Crippen LogP contribution in [0.5, 0.6) is 11.6 Å². The van der Waals surface area contributed by atoms with Gasteiger partial charge in [-0.1, -0.05) is 12.1 Å². The maximum atomic E-state index is 11.1. The van der Waals surface area contributed by atoms with E-state index in [0.29, 0.717) is 18.9 Å². The Morgan fingerprint density at radius 1 is 1.22 bits per heavy atom. The van der Waals surface area contributed by atoms with E-state index in [1.54, 1.807) is 6.26 Å². The summed E-state index contributed by atoms with van der Waals surface area (Å²) in [6.45, 7) is 6.58. The highest BCUT2D eigenvalue weighted by molar-refractivity contribution is 5.69. The molecule has 188 valence electrons. The lowest BCUT2D eigenvalue weighted by Gasteiger charge is -2.24. The van der Waals surface area contributed by atoms with E-state index in [-0.39, 0.29) is 18.4 Å². The first kappa shape index (κ1) is 24.1. The molecular formula is C29H32N2O5. The zero-order valence-electron chi connectivity index (χ0n) is 20.8. The standard InChI is InChI=1S/C29H32N2O5/c1-18-12-23(36-22-8-10-30-11-9-22)13-19(2)29(18)25-4-3-5-27(31-25)35-16-20-6-7-24-21(15-28(32)33)17-34-26(24)14-20/h3-5,7,12-14,16,21-22,30H,6,8-11,15,17H2,1-2H3,(H,32,33). The number of carboxylic acids is 1. The zero-order valence-corrected chi connectivity index (χ0v) is 20.8. The van der Waals surface area contributed by atoms with E-state index in [4.69, 9.17) is 24.3 Å². The number of carbonyl (C=O) groups is 1. The minimum atomic E-state index is -0.809. The molecule has 2 aliphatic heterocycles. The average Bonchev–Trinajstić information content (AvgIpc) is 3.24. The Hall–Kier alpha value is -3.58. The molecule has 0 radical (unpaired) electrons. The Balaban J connectivity index is 1.28. The number of aryl methyl sites for hydroxylation is 2. The normalized spacial score (nSPS) is 20.8. The molecule has 2 fully saturated rings. The molecule has 3 aliphatic rings. The molecule has 2 aromatic rings. The molecule has 2 N–H and O–H groups in total. The van der Waals surface area contributed by atoms with Gasteiger partial charge in [-0.25, -0.2) is 4.98 Å². The van der Waals surface area contributed by atoms with Gasteiger partial charge in [0.2, 0.25) is 5.88 Å². The van der Waals surface area contributed by atoms with Crippen molar-refractivity contribution in [2.45, 2.75) is 45.6 Å². The Bertz CT molecular complexity index is 1220. The van der Waals surface area contributed by atoms with E-state index in [2.05, 4.69) is 31.3 Å². The summed E-state index contributed by atoms with van der Waals surface area (Å²) < 4.78 is 17.9.